The molecule has 0 bridgehead atoms. The minimum atomic E-state index is -4.89. The first-order chi connectivity index (χ1) is 18.9. The van der Waals surface area contributed by atoms with Gasteiger partial charge in [-0.05, 0) is 25.9 Å². The molecule has 1 saturated carbocycles. The number of allylic oxidation sites excluding steroid dienone is 1. The third kappa shape index (κ3) is 6.55. The minimum Gasteiger partial charge on any atom is -0.478 e. The van der Waals surface area contributed by atoms with E-state index in [0.717, 1.165) is 30.7 Å². The molecule has 2 aromatic rings. The van der Waals surface area contributed by atoms with E-state index in [1.807, 2.05) is 0 Å². The fourth-order valence-electron chi connectivity index (χ4n) is 3.92. The zero-order valence-electron chi connectivity index (χ0n) is 21.3. The van der Waals surface area contributed by atoms with E-state index in [1.165, 1.54) is 16.4 Å². The van der Waals surface area contributed by atoms with E-state index < -0.39 is 39.9 Å². The molecule has 1 aliphatic carbocycles. The zero-order chi connectivity index (χ0) is 29.1. The Bertz CT molecular complexity index is 1400. The Morgan fingerprint density at radius 3 is 2.73 bits per heavy atom. The van der Waals surface area contributed by atoms with Gasteiger partial charge in [0.25, 0.3) is 5.91 Å². The Morgan fingerprint density at radius 2 is 2.12 bits per heavy atom. The molecular formula is C21H30N10O7S2. The first-order valence-corrected chi connectivity index (χ1v) is 14.5. The number of hydrogen-bond donors (Lipinski definition) is 6. The molecule has 0 spiro atoms. The Morgan fingerprint density at radius 1 is 1.38 bits per heavy atom. The van der Waals surface area contributed by atoms with E-state index >= 15 is 0 Å². The van der Waals surface area contributed by atoms with Gasteiger partial charge in [0, 0.05) is 24.8 Å². The Hall–Kier alpha value is -3.65. The maximum absolute atomic E-state index is 12.8. The third-order valence-electron chi connectivity index (χ3n) is 6.25. The molecule has 218 valence electrons. The third-order valence-corrected chi connectivity index (χ3v) is 7.87. The van der Waals surface area contributed by atoms with Crippen LogP contribution in [0.15, 0.2) is 29.0 Å². The second kappa shape index (κ2) is 11.8. The number of nitrogens with zero attached hydrogens (tertiary/aromatic N) is 6. The van der Waals surface area contributed by atoms with Crippen LogP contribution in [0.1, 0.15) is 37.1 Å². The van der Waals surface area contributed by atoms with Gasteiger partial charge in [-0.3, -0.25) is 9.35 Å². The molecule has 40 heavy (non-hydrogen) atoms. The van der Waals surface area contributed by atoms with Crippen molar-refractivity contribution < 1.29 is 32.5 Å². The van der Waals surface area contributed by atoms with Crippen molar-refractivity contribution in [3.05, 3.63) is 35.2 Å². The Balaban J connectivity index is 1.49. The number of carboxylic acids is 1. The van der Waals surface area contributed by atoms with Crippen LogP contribution in [0.25, 0.3) is 0 Å². The molecule has 1 saturated heterocycles. The van der Waals surface area contributed by atoms with Crippen LogP contribution in [0.4, 0.5) is 5.13 Å². The number of unbranched alkanes of at least 4 members (excludes halogenated alkanes) is 1. The number of carbonyl (C=O) groups excluding carboxylic acids is 1. The van der Waals surface area contributed by atoms with Crippen LogP contribution in [-0.4, -0.2) is 90.7 Å². The summed E-state index contributed by atoms with van der Waals surface area (Å²) in [6, 6.07) is -2.32. The second-order valence-corrected chi connectivity index (χ2v) is 11.4. The number of aliphatic carboxylic acids is 1. The summed E-state index contributed by atoms with van der Waals surface area (Å²) in [5, 5.41) is 29.5. The summed E-state index contributed by atoms with van der Waals surface area (Å²) in [6.45, 7) is 5.44. The van der Waals surface area contributed by atoms with Gasteiger partial charge in [-0.25, -0.2) is 14.1 Å². The van der Waals surface area contributed by atoms with Crippen molar-refractivity contribution in [2.75, 3.05) is 18.8 Å². The normalized spacial score (nSPS) is 20.2. The Kier molecular flexibility index (Phi) is 8.68. The van der Waals surface area contributed by atoms with Crippen molar-refractivity contribution in [2.24, 2.45) is 10.9 Å². The predicted molar refractivity (Wildman–Crippen MR) is 142 cm³/mol. The number of anilines is 1. The number of amides is 1. The van der Waals surface area contributed by atoms with E-state index in [9.17, 15) is 27.7 Å². The number of nitrogens with one attached hydrogen (secondary N) is 2. The molecule has 2 aromatic heterocycles. The lowest BCUT2D eigenvalue weighted by atomic mass is 9.98. The fraction of sp³-hybridized carbons (Fsp3) is 0.524. The summed E-state index contributed by atoms with van der Waals surface area (Å²) in [6.07, 6.45) is 3.80. The first kappa shape index (κ1) is 29.3. The lowest BCUT2D eigenvalue weighted by Gasteiger charge is -2.44. The van der Waals surface area contributed by atoms with Crippen molar-refractivity contribution in [2.45, 2.75) is 56.5 Å². The molecule has 0 radical (unpaired) electrons. The Labute approximate surface area is 233 Å². The maximum Gasteiger partial charge on any atom is 0.362 e. The highest BCUT2D eigenvalue weighted by Crippen LogP contribution is 2.40. The lowest BCUT2D eigenvalue weighted by molar-refractivity contribution is -0.153. The van der Waals surface area contributed by atoms with Gasteiger partial charge in [-0.15, -0.1) is 11.3 Å². The number of nitrogen functional groups attached to an aromatic ring is 1. The van der Waals surface area contributed by atoms with Crippen molar-refractivity contribution in [1.29, 1.82) is 0 Å². The molecule has 2 unspecified atom stereocenters. The van der Waals surface area contributed by atoms with Gasteiger partial charge < -0.3 is 32.0 Å². The van der Waals surface area contributed by atoms with Crippen LogP contribution in [0.5, 0.6) is 0 Å². The van der Waals surface area contributed by atoms with E-state index in [1.54, 1.807) is 0 Å². The summed E-state index contributed by atoms with van der Waals surface area (Å²) >= 11 is 1.09. The number of carboxylic acid groups (broad SMARTS) is 1. The smallest absolute Gasteiger partial charge is 0.362 e. The molecule has 3 heterocycles. The van der Waals surface area contributed by atoms with Crippen molar-refractivity contribution in [3.63, 3.8) is 0 Å². The van der Waals surface area contributed by atoms with Crippen molar-refractivity contribution in [1.82, 2.24) is 34.9 Å². The van der Waals surface area contributed by atoms with Crippen molar-refractivity contribution in [3.8, 4) is 0 Å². The number of oxime groups is 1. The van der Waals surface area contributed by atoms with Crippen LogP contribution in [0, 0.1) is 0 Å². The SMILES string of the molecule is C=C(NC1C(=O)N(S(=O)(=O)O)C1Cn1ncc(CNCCCCN)n1)/C(=N\OC1(C(=O)O)CC1)c1csc(N)n1. The zero-order valence-corrected chi connectivity index (χ0v) is 22.9. The number of thiazole rings is 1. The number of carbonyl (C=O) groups is 2. The molecule has 0 aromatic carbocycles. The number of hydrogen-bond acceptors (Lipinski definition) is 14. The largest absolute Gasteiger partial charge is 0.478 e. The summed E-state index contributed by atoms with van der Waals surface area (Å²) < 4.78 is 33.9. The molecule has 2 fully saturated rings. The number of nitrogens with two attached hydrogens (primary N) is 2. The molecule has 2 atom stereocenters. The lowest BCUT2D eigenvalue weighted by Crippen LogP contribution is -2.72. The van der Waals surface area contributed by atoms with Crippen LogP contribution in [0.3, 0.4) is 0 Å². The van der Waals surface area contributed by atoms with Crippen LogP contribution in [-0.2, 0) is 37.8 Å². The maximum atomic E-state index is 12.8. The highest BCUT2D eigenvalue weighted by atomic mass is 32.2. The van der Waals surface area contributed by atoms with Crippen molar-refractivity contribution >= 4 is 44.4 Å². The van der Waals surface area contributed by atoms with Crippen LogP contribution >= 0.6 is 11.3 Å². The minimum absolute atomic E-state index is 0.0133. The average molecular weight is 599 g/mol. The van der Waals surface area contributed by atoms with Gasteiger partial charge in [-0.1, -0.05) is 11.7 Å². The van der Waals surface area contributed by atoms with Crippen LogP contribution in [0.2, 0.25) is 0 Å². The van der Waals surface area contributed by atoms with Gasteiger partial charge in [0.1, 0.15) is 17.8 Å². The second-order valence-electron chi connectivity index (χ2n) is 9.24. The van der Waals surface area contributed by atoms with E-state index in [0.29, 0.717) is 23.1 Å². The highest BCUT2D eigenvalue weighted by molar-refractivity contribution is 7.84. The monoisotopic (exact) mass is 598 g/mol. The van der Waals surface area contributed by atoms with E-state index in [2.05, 4.69) is 37.5 Å². The summed E-state index contributed by atoms with van der Waals surface area (Å²) in [5.74, 6) is -2.13. The molecule has 2 aliphatic rings. The average Bonchev–Trinajstić information content (AvgIpc) is 3.36. The highest BCUT2D eigenvalue weighted by Gasteiger charge is 2.55. The van der Waals surface area contributed by atoms with Crippen LogP contribution < -0.4 is 22.1 Å². The van der Waals surface area contributed by atoms with Gasteiger partial charge in [-0.2, -0.15) is 23.4 Å². The molecule has 1 aliphatic heterocycles. The number of β-lactam (4-membered cyclic amide) rings is 1. The molecule has 4 rings (SSSR count). The van der Waals surface area contributed by atoms with Gasteiger partial charge in [0.05, 0.1) is 24.1 Å². The van der Waals surface area contributed by atoms with E-state index in [-0.39, 0.29) is 41.6 Å². The summed E-state index contributed by atoms with van der Waals surface area (Å²) in [7, 11) is -4.89. The summed E-state index contributed by atoms with van der Waals surface area (Å²) in [5.41, 5.74) is 10.5. The number of rotatable bonds is 16. The van der Waals surface area contributed by atoms with Gasteiger partial charge in [0.15, 0.2) is 10.8 Å². The quantitative estimate of drug-likeness (QED) is 0.0430. The standard InChI is InChI=1S/C21H30N10O7S2/c1-12(16(14-11-39-20(23)27-14)29-38-21(4-5-21)19(33)34)26-17-15(31(18(17)32)40(35,36)37)10-30-25-9-13(28-30)8-24-7-3-2-6-22/h9,11,15,17,24,26H,1-8,10,22H2,(H2,23,27)(H,33,34)(H,35,36,37)/b29-16+. The van der Waals surface area contributed by atoms with Gasteiger partial charge in [0.2, 0.25) is 5.60 Å². The molecule has 1 amide bonds. The molecule has 17 nitrogen and oxygen atoms in total. The first-order valence-electron chi connectivity index (χ1n) is 12.2. The molecule has 8 N–H and O–H groups in total. The predicted octanol–water partition coefficient (Wildman–Crippen LogP) is -1.33. The topological polar surface area (TPSA) is 253 Å². The summed E-state index contributed by atoms with van der Waals surface area (Å²) in [4.78, 5) is 34.9. The molecular weight excluding hydrogens is 568 g/mol. The number of aromatic nitrogens is 4. The molecule has 19 heteroatoms. The fourth-order valence-corrected chi connectivity index (χ4v) is 5.34. The van der Waals surface area contributed by atoms with E-state index in [4.69, 9.17) is 16.3 Å². The van der Waals surface area contributed by atoms with Gasteiger partial charge >= 0.3 is 16.3 Å².